The van der Waals surface area contributed by atoms with Crippen LogP contribution in [0.15, 0.2) is 65.8 Å². The number of para-hydroxylation sites is 1. The second kappa shape index (κ2) is 11.0. The molecule has 6 N–H and O–H groups in total. The number of primary amides is 1. The van der Waals surface area contributed by atoms with Crippen LogP contribution < -0.4 is 26.4 Å². The topological polar surface area (TPSA) is 168 Å². The van der Waals surface area contributed by atoms with Gasteiger partial charge in [-0.3, -0.25) is 14.9 Å². The maximum Gasteiger partial charge on any atom is 0.254 e. The zero-order valence-electron chi connectivity index (χ0n) is 20.5. The van der Waals surface area contributed by atoms with E-state index < -0.39 is 5.91 Å². The van der Waals surface area contributed by atoms with E-state index in [4.69, 9.17) is 15.9 Å². The fraction of sp³-hybridized carbons (Fsp3) is 0.120. The molecule has 37 heavy (non-hydrogen) atoms. The van der Waals surface area contributed by atoms with Gasteiger partial charge in [-0.15, -0.1) is 0 Å². The van der Waals surface area contributed by atoms with E-state index in [0.717, 1.165) is 11.3 Å². The van der Waals surface area contributed by atoms with Gasteiger partial charge in [-0.05, 0) is 12.1 Å². The van der Waals surface area contributed by atoms with E-state index in [1.165, 1.54) is 19.6 Å². The Hall–Kier alpha value is -5.26. The summed E-state index contributed by atoms with van der Waals surface area (Å²) in [6, 6.07) is 16.8. The minimum Gasteiger partial charge on any atom is -0.494 e. The van der Waals surface area contributed by atoms with Crippen molar-refractivity contribution in [3.05, 3.63) is 71.9 Å². The Morgan fingerprint density at radius 2 is 1.92 bits per heavy atom. The molecule has 0 bridgehead atoms. The van der Waals surface area contributed by atoms with Crippen molar-refractivity contribution >= 4 is 41.4 Å². The van der Waals surface area contributed by atoms with Crippen LogP contribution in [-0.2, 0) is 7.05 Å². The third kappa shape index (κ3) is 5.53. The number of nitrogens with zero attached hydrogens (tertiary/aromatic N) is 5. The molecule has 1 amide bonds. The number of aromatic nitrogens is 4. The first-order valence-corrected chi connectivity index (χ1v) is 11.2. The van der Waals surface area contributed by atoms with Gasteiger partial charge in [0.15, 0.2) is 11.6 Å². The van der Waals surface area contributed by atoms with Gasteiger partial charge in [0.05, 0.1) is 30.4 Å². The molecule has 0 saturated carbocycles. The summed E-state index contributed by atoms with van der Waals surface area (Å²) in [5, 5.41) is 21.8. The van der Waals surface area contributed by atoms with Crippen molar-refractivity contribution in [2.45, 2.75) is 0 Å². The van der Waals surface area contributed by atoms with Gasteiger partial charge in [-0.1, -0.05) is 36.4 Å². The molecular formula is C25H26N10O2. The summed E-state index contributed by atoms with van der Waals surface area (Å²) in [5.74, 6) is 0.658. The molecule has 2 aromatic carbocycles. The standard InChI is InChI=1S/C25H26N10O2/c1-28-14-30-22(26)16-10-7-11-18(21(16)37-3)31-24-17(23(27)36)13-29-25(33-24)32-20-12-19(34-35(20)2)15-8-5-4-6-9-15/h4-14H,1-3H3,(H2,27,36)(H2,26,28,30)(H2,29,31,32,33). The number of hydrogen-bond acceptors (Lipinski definition) is 8. The minimum absolute atomic E-state index is 0.0135. The third-order valence-electron chi connectivity index (χ3n) is 5.29. The Labute approximate surface area is 213 Å². The molecule has 12 nitrogen and oxygen atoms in total. The van der Waals surface area contributed by atoms with Crippen LogP contribution >= 0.6 is 0 Å². The molecule has 4 aromatic rings. The first kappa shape index (κ1) is 24.9. The predicted molar refractivity (Wildman–Crippen MR) is 143 cm³/mol. The van der Waals surface area contributed by atoms with Gasteiger partial charge in [-0.2, -0.15) is 10.1 Å². The van der Waals surface area contributed by atoms with Crippen molar-refractivity contribution in [2.24, 2.45) is 17.8 Å². The SMILES string of the molecule is CN/C=N\C(=N)c1cccc(Nc2nc(Nc3cc(-c4ccccc4)nn3C)ncc2C(N)=O)c1OC. The van der Waals surface area contributed by atoms with E-state index >= 15 is 0 Å². The molecule has 4 rings (SSSR count). The summed E-state index contributed by atoms with van der Waals surface area (Å²) in [6.07, 6.45) is 2.74. The average Bonchev–Trinajstić information content (AvgIpc) is 3.27. The van der Waals surface area contributed by atoms with Crippen molar-refractivity contribution in [1.82, 2.24) is 25.1 Å². The van der Waals surface area contributed by atoms with Gasteiger partial charge in [0.25, 0.3) is 5.91 Å². The van der Waals surface area contributed by atoms with Gasteiger partial charge in [0.1, 0.15) is 17.2 Å². The van der Waals surface area contributed by atoms with E-state index in [-0.39, 0.29) is 23.2 Å². The molecule has 188 valence electrons. The van der Waals surface area contributed by atoms with E-state index in [1.807, 2.05) is 36.4 Å². The number of nitrogens with two attached hydrogens (primary N) is 1. The fourth-order valence-corrected chi connectivity index (χ4v) is 3.53. The summed E-state index contributed by atoms with van der Waals surface area (Å²) in [5.41, 5.74) is 8.31. The van der Waals surface area contributed by atoms with Crippen molar-refractivity contribution in [3.8, 4) is 17.0 Å². The first-order chi connectivity index (χ1) is 17.9. The Balaban J connectivity index is 1.67. The highest BCUT2D eigenvalue weighted by atomic mass is 16.5. The lowest BCUT2D eigenvalue weighted by molar-refractivity contribution is 0.100. The number of methoxy groups -OCH3 is 1. The van der Waals surface area contributed by atoms with E-state index in [1.54, 1.807) is 37.0 Å². The van der Waals surface area contributed by atoms with Crippen LogP contribution in [0.1, 0.15) is 15.9 Å². The van der Waals surface area contributed by atoms with Gasteiger partial charge in [0, 0.05) is 31.9 Å². The molecule has 12 heteroatoms. The number of aryl methyl sites for hydroxylation is 1. The van der Waals surface area contributed by atoms with Crippen LogP contribution in [0, 0.1) is 5.41 Å². The van der Waals surface area contributed by atoms with Crippen LogP contribution in [0.25, 0.3) is 11.3 Å². The summed E-state index contributed by atoms with van der Waals surface area (Å²) in [6.45, 7) is 0. The lowest BCUT2D eigenvalue weighted by atomic mass is 10.1. The third-order valence-corrected chi connectivity index (χ3v) is 5.29. The molecule has 2 heterocycles. The van der Waals surface area contributed by atoms with Gasteiger partial charge in [-0.25, -0.2) is 9.98 Å². The van der Waals surface area contributed by atoms with Crippen molar-refractivity contribution < 1.29 is 9.53 Å². The van der Waals surface area contributed by atoms with E-state index in [0.29, 0.717) is 22.8 Å². The monoisotopic (exact) mass is 498 g/mol. The number of ether oxygens (including phenoxy) is 1. The van der Waals surface area contributed by atoms with Crippen molar-refractivity contribution in [1.29, 1.82) is 5.41 Å². The smallest absolute Gasteiger partial charge is 0.254 e. The minimum atomic E-state index is -0.706. The van der Waals surface area contributed by atoms with Crippen LogP contribution in [0.3, 0.4) is 0 Å². The fourth-order valence-electron chi connectivity index (χ4n) is 3.53. The number of amides is 1. The molecule has 2 aromatic heterocycles. The zero-order chi connectivity index (χ0) is 26.4. The van der Waals surface area contributed by atoms with Crippen LogP contribution in [0.2, 0.25) is 0 Å². The highest BCUT2D eigenvalue weighted by Crippen LogP contribution is 2.33. The molecule has 0 unspecified atom stereocenters. The molecule has 0 aliphatic heterocycles. The molecule has 0 fully saturated rings. The number of hydrogen-bond donors (Lipinski definition) is 5. The normalized spacial score (nSPS) is 10.8. The highest BCUT2D eigenvalue weighted by molar-refractivity contribution is 6.04. The highest BCUT2D eigenvalue weighted by Gasteiger charge is 2.18. The van der Waals surface area contributed by atoms with Crippen LogP contribution in [0.5, 0.6) is 5.75 Å². The number of carbonyl (C=O) groups is 1. The number of benzene rings is 2. The number of rotatable bonds is 9. The van der Waals surface area contributed by atoms with Crippen LogP contribution in [-0.4, -0.2) is 52.0 Å². The number of amidine groups is 1. The zero-order valence-corrected chi connectivity index (χ0v) is 20.5. The predicted octanol–water partition coefficient (Wildman–Crippen LogP) is 3.04. The quantitative estimate of drug-likeness (QED) is 0.173. The molecule has 0 aliphatic rings. The van der Waals surface area contributed by atoms with Gasteiger partial charge >= 0.3 is 0 Å². The number of nitrogens with one attached hydrogen (secondary N) is 4. The maximum atomic E-state index is 12.1. The second-order valence-electron chi connectivity index (χ2n) is 7.76. The number of carbonyl (C=O) groups excluding carboxylic acids is 1. The largest absolute Gasteiger partial charge is 0.494 e. The van der Waals surface area contributed by atoms with Crippen molar-refractivity contribution in [2.75, 3.05) is 24.8 Å². The summed E-state index contributed by atoms with van der Waals surface area (Å²) >= 11 is 0. The average molecular weight is 499 g/mol. The Kier molecular flexibility index (Phi) is 7.38. The molecule has 0 saturated heterocycles. The Bertz CT molecular complexity index is 1460. The number of aliphatic imine (C=N–C) groups is 1. The Morgan fingerprint density at radius 3 is 2.62 bits per heavy atom. The molecule has 0 spiro atoms. The first-order valence-electron chi connectivity index (χ1n) is 11.2. The lowest BCUT2D eigenvalue weighted by Crippen LogP contribution is -2.16. The van der Waals surface area contributed by atoms with E-state index in [9.17, 15) is 4.79 Å². The van der Waals surface area contributed by atoms with Gasteiger partial charge in [0.2, 0.25) is 5.95 Å². The summed E-state index contributed by atoms with van der Waals surface area (Å²) in [7, 11) is 4.97. The molecule has 0 atom stereocenters. The molecular weight excluding hydrogens is 472 g/mol. The summed E-state index contributed by atoms with van der Waals surface area (Å²) < 4.78 is 7.22. The molecule has 0 aliphatic carbocycles. The lowest BCUT2D eigenvalue weighted by Gasteiger charge is -2.16. The van der Waals surface area contributed by atoms with Gasteiger partial charge < -0.3 is 26.4 Å². The van der Waals surface area contributed by atoms with Crippen molar-refractivity contribution in [3.63, 3.8) is 0 Å². The van der Waals surface area contributed by atoms with Crippen LogP contribution in [0.4, 0.5) is 23.3 Å². The second-order valence-corrected chi connectivity index (χ2v) is 7.76. The molecule has 0 radical (unpaired) electrons. The Morgan fingerprint density at radius 1 is 1.14 bits per heavy atom. The van der Waals surface area contributed by atoms with E-state index in [2.05, 4.69) is 36.0 Å². The summed E-state index contributed by atoms with van der Waals surface area (Å²) in [4.78, 5) is 24.9. The maximum absolute atomic E-state index is 12.1. The number of anilines is 4.